The fourth-order valence-corrected chi connectivity index (χ4v) is 7.33. The van der Waals surface area contributed by atoms with Crippen molar-refractivity contribution in [1.82, 2.24) is 5.32 Å². The monoisotopic (exact) mass is 393 g/mol. The van der Waals surface area contributed by atoms with Gasteiger partial charge in [0.1, 0.15) is 5.58 Å². The van der Waals surface area contributed by atoms with E-state index in [1.807, 2.05) is 0 Å². The molecule has 4 fully saturated rings. The van der Waals surface area contributed by atoms with Gasteiger partial charge in [0.15, 0.2) is 0 Å². The summed E-state index contributed by atoms with van der Waals surface area (Å²) >= 11 is 0. The maximum Gasteiger partial charge on any atom is 0.224 e. The van der Waals surface area contributed by atoms with Crippen molar-refractivity contribution in [3.05, 3.63) is 35.1 Å². The summed E-state index contributed by atoms with van der Waals surface area (Å²) in [6, 6.07) is 4.61. The quantitative estimate of drug-likeness (QED) is 0.664. The van der Waals surface area contributed by atoms with Gasteiger partial charge in [0, 0.05) is 17.0 Å². The van der Waals surface area contributed by atoms with Crippen molar-refractivity contribution in [2.75, 3.05) is 0 Å². The number of carbonyl (C=O) groups excluding carboxylic acids is 1. The van der Waals surface area contributed by atoms with E-state index in [1.165, 1.54) is 49.7 Å². The van der Waals surface area contributed by atoms with Gasteiger partial charge in [-0.2, -0.15) is 0 Å². The summed E-state index contributed by atoms with van der Waals surface area (Å²) in [4.78, 5) is 13.0. The zero-order valence-electron chi connectivity index (χ0n) is 18.4. The average molecular weight is 394 g/mol. The third-order valence-electron chi connectivity index (χ3n) is 8.40. The van der Waals surface area contributed by atoms with Gasteiger partial charge in [0.2, 0.25) is 5.91 Å². The van der Waals surface area contributed by atoms with E-state index in [0.29, 0.717) is 17.8 Å². The highest BCUT2D eigenvalue weighted by Crippen LogP contribution is 2.61. The van der Waals surface area contributed by atoms with Gasteiger partial charge in [-0.25, -0.2) is 0 Å². The minimum absolute atomic E-state index is 0.141. The molecule has 1 heterocycles. The Morgan fingerprint density at radius 3 is 2.31 bits per heavy atom. The molecule has 3 nitrogen and oxygen atoms in total. The minimum Gasteiger partial charge on any atom is -0.464 e. The summed E-state index contributed by atoms with van der Waals surface area (Å²) in [7, 11) is 0. The number of aryl methyl sites for hydroxylation is 1. The van der Waals surface area contributed by atoms with Crippen molar-refractivity contribution < 1.29 is 9.21 Å². The Kier molecular flexibility index (Phi) is 4.56. The van der Waals surface area contributed by atoms with Crippen LogP contribution in [0, 0.1) is 30.1 Å². The topological polar surface area (TPSA) is 42.2 Å². The number of benzene rings is 1. The third kappa shape index (κ3) is 3.31. The summed E-state index contributed by atoms with van der Waals surface area (Å²) in [6.07, 6.45) is 10.5. The van der Waals surface area contributed by atoms with E-state index in [1.54, 1.807) is 6.26 Å². The number of hydrogen-bond acceptors (Lipinski definition) is 2. The van der Waals surface area contributed by atoms with E-state index in [4.69, 9.17) is 4.42 Å². The van der Waals surface area contributed by atoms with Crippen LogP contribution >= 0.6 is 0 Å². The zero-order valence-corrected chi connectivity index (χ0v) is 18.4. The molecule has 1 aromatic heterocycles. The van der Waals surface area contributed by atoms with E-state index in [0.717, 1.165) is 34.3 Å². The number of hydrogen-bond donors (Lipinski definition) is 1. The van der Waals surface area contributed by atoms with Crippen LogP contribution in [0.5, 0.6) is 0 Å². The predicted molar refractivity (Wildman–Crippen MR) is 117 cm³/mol. The SMILES string of the molecule is Cc1cc2occ(CC(=O)NC(C)C34CC5CC(CC(C5)C3)C4)c2cc1C(C)C. The smallest absolute Gasteiger partial charge is 0.224 e. The first-order chi connectivity index (χ1) is 13.8. The molecule has 4 aliphatic rings. The Morgan fingerprint density at radius 2 is 1.72 bits per heavy atom. The Balaban J connectivity index is 1.31. The first-order valence-corrected chi connectivity index (χ1v) is 11.6. The molecule has 4 bridgehead atoms. The lowest BCUT2D eigenvalue weighted by Gasteiger charge is -2.59. The van der Waals surface area contributed by atoms with Crippen LogP contribution in [0.15, 0.2) is 22.8 Å². The first kappa shape index (κ1) is 19.2. The van der Waals surface area contributed by atoms with Crippen LogP contribution in [0.25, 0.3) is 11.0 Å². The van der Waals surface area contributed by atoms with Gasteiger partial charge in [-0.05, 0) is 105 Å². The second-order valence-corrected chi connectivity index (χ2v) is 10.9. The van der Waals surface area contributed by atoms with Gasteiger partial charge in [-0.3, -0.25) is 4.79 Å². The maximum absolute atomic E-state index is 13.0. The zero-order chi connectivity index (χ0) is 20.3. The van der Waals surface area contributed by atoms with Gasteiger partial charge < -0.3 is 9.73 Å². The lowest BCUT2D eigenvalue weighted by atomic mass is 9.48. The minimum atomic E-state index is 0.141. The van der Waals surface area contributed by atoms with Crippen LogP contribution in [-0.2, 0) is 11.2 Å². The summed E-state index contributed by atoms with van der Waals surface area (Å²) < 4.78 is 5.79. The number of furan rings is 1. The van der Waals surface area contributed by atoms with Gasteiger partial charge in [0.25, 0.3) is 0 Å². The van der Waals surface area contributed by atoms with Crippen molar-refractivity contribution in [2.45, 2.75) is 84.6 Å². The Morgan fingerprint density at radius 1 is 1.10 bits per heavy atom. The van der Waals surface area contributed by atoms with Gasteiger partial charge in [0.05, 0.1) is 12.7 Å². The van der Waals surface area contributed by atoms with Crippen LogP contribution < -0.4 is 5.32 Å². The molecule has 1 N–H and O–H groups in total. The molecule has 3 heteroatoms. The van der Waals surface area contributed by atoms with Crippen LogP contribution in [0.3, 0.4) is 0 Å². The molecule has 1 atom stereocenters. The molecule has 0 aliphatic heterocycles. The highest BCUT2D eigenvalue weighted by molar-refractivity contribution is 5.88. The summed E-state index contributed by atoms with van der Waals surface area (Å²) in [5.74, 6) is 3.35. The standard InChI is InChI=1S/C26H35NO2/c1-15(2)22-10-23-21(14-29-24(23)5-16(22)3)9-25(28)27-17(4)26-11-18-6-19(12-26)8-20(7-18)13-26/h5,10,14-15,17-20H,6-9,11-13H2,1-4H3,(H,27,28). The predicted octanol–water partition coefficient (Wildman–Crippen LogP) is 6.13. The van der Waals surface area contributed by atoms with Crippen molar-refractivity contribution in [3.8, 4) is 0 Å². The molecule has 0 spiro atoms. The van der Waals surface area contributed by atoms with E-state index in [9.17, 15) is 4.79 Å². The van der Waals surface area contributed by atoms with Crippen molar-refractivity contribution in [2.24, 2.45) is 23.2 Å². The van der Waals surface area contributed by atoms with Crippen molar-refractivity contribution in [1.29, 1.82) is 0 Å². The van der Waals surface area contributed by atoms with Crippen molar-refractivity contribution in [3.63, 3.8) is 0 Å². The number of amides is 1. The number of carbonyl (C=O) groups is 1. The summed E-state index contributed by atoms with van der Waals surface area (Å²) in [5.41, 5.74) is 4.85. The third-order valence-corrected chi connectivity index (χ3v) is 8.40. The van der Waals surface area contributed by atoms with E-state index < -0.39 is 0 Å². The Bertz CT molecular complexity index is 902. The molecule has 4 saturated carbocycles. The fraction of sp³-hybridized carbons (Fsp3) is 0.654. The van der Waals surface area contributed by atoms with Gasteiger partial charge in [-0.1, -0.05) is 13.8 Å². The van der Waals surface area contributed by atoms with E-state index >= 15 is 0 Å². The molecule has 0 saturated heterocycles. The molecule has 0 radical (unpaired) electrons. The normalized spacial score (nSPS) is 31.6. The molecular weight excluding hydrogens is 358 g/mol. The highest BCUT2D eigenvalue weighted by Gasteiger charge is 2.53. The largest absolute Gasteiger partial charge is 0.464 e. The van der Waals surface area contributed by atoms with Crippen molar-refractivity contribution >= 4 is 16.9 Å². The van der Waals surface area contributed by atoms with E-state index in [-0.39, 0.29) is 11.9 Å². The lowest BCUT2D eigenvalue weighted by Crippen LogP contribution is -2.56. The van der Waals surface area contributed by atoms with E-state index in [2.05, 4.69) is 45.1 Å². The fourth-order valence-electron chi connectivity index (χ4n) is 7.33. The summed E-state index contributed by atoms with van der Waals surface area (Å²) in [6.45, 7) is 8.83. The van der Waals surface area contributed by atoms with Crippen LogP contribution in [0.2, 0.25) is 0 Å². The summed E-state index contributed by atoms with van der Waals surface area (Å²) in [5, 5.41) is 4.50. The molecule has 156 valence electrons. The van der Waals surface area contributed by atoms with Crippen LogP contribution in [0.4, 0.5) is 0 Å². The Hall–Kier alpha value is -1.77. The molecule has 2 aromatic rings. The molecular formula is C26H35NO2. The maximum atomic E-state index is 13.0. The molecule has 1 unspecified atom stereocenters. The Labute approximate surface area is 174 Å². The van der Waals surface area contributed by atoms with Gasteiger partial charge in [-0.15, -0.1) is 0 Å². The number of rotatable bonds is 5. The molecule has 4 aliphatic carbocycles. The molecule has 1 aromatic carbocycles. The highest BCUT2D eigenvalue weighted by atomic mass is 16.3. The van der Waals surface area contributed by atoms with Gasteiger partial charge >= 0.3 is 0 Å². The van der Waals surface area contributed by atoms with Crippen LogP contribution in [0.1, 0.15) is 81.9 Å². The number of fused-ring (bicyclic) bond motifs is 1. The molecule has 29 heavy (non-hydrogen) atoms. The average Bonchev–Trinajstić information content (AvgIpc) is 3.01. The number of nitrogens with one attached hydrogen (secondary N) is 1. The lowest BCUT2D eigenvalue weighted by molar-refractivity contribution is -0.125. The second-order valence-electron chi connectivity index (χ2n) is 10.9. The molecule has 6 rings (SSSR count). The second kappa shape index (κ2) is 6.89. The van der Waals surface area contributed by atoms with Crippen LogP contribution in [-0.4, -0.2) is 11.9 Å². The first-order valence-electron chi connectivity index (χ1n) is 11.6. The molecule has 1 amide bonds.